The van der Waals surface area contributed by atoms with E-state index in [9.17, 15) is 4.39 Å². The highest BCUT2D eigenvalue weighted by molar-refractivity contribution is 7.99. The van der Waals surface area contributed by atoms with Gasteiger partial charge in [0, 0.05) is 29.2 Å². The van der Waals surface area contributed by atoms with E-state index in [1.807, 2.05) is 30.5 Å². The zero-order valence-electron chi connectivity index (χ0n) is 13.3. The smallest absolute Gasteiger partial charge is 0.192 e. The van der Waals surface area contributed by atoms with Crippen molar-refractivity contribution in [1.29, 1.82) is 0 Å². The summed E-state index contributed by atoms with van der Waals surface area (Å²) in [5, 5.41) is 9.90. The number of thioether (sulfide) groups is 1. The molecule has 0 amide bonds. The molecule has 2 aromatic heterocycles. The fourth-order valence-corrected chi connectivity index (χ4v) is 3.72. The van der Waals surface area contributed by atoms with Crippen LogP contribution in [0.3, 0.4) is 0 Å². The zero-order valence-corrected chi connectivity index (χ0v) is 14.1. The molecular formula is C18H17FN4S. The molecule has 1 aromatic carbocycles. The van der Waals surface area contributed by atoms with Crippen LogP contribution in [0, 0.1) is 5.82 Å². The van der Waals surface area contributed by atoms with Crippen molar-refractivity contribution in [2.45, 2.75) is 36.2 Å². The molecule has 3 aromatic rings. The number of pyridine rings is 1. The van der Waals surface area contributed by atoms with Crippen molar-refractivity contribution in [3.8, 4) is 11.4 Å². The number of nitrogens with zero attached hydrogens (tertiary/aromatic N) is 4. The van der Waals surface area contributed by atoms with Crippen LogP contribution in [0.1, 0.15) is 36.6 Å². The first-order valence-electron chi connectivity index (χ1n) is 8.00. The maximum absolute atomic E-state index is 13.1. The van der Waals surface area contributed by atoms with Crippen LogP contribution in [0.15, 0.2) is 53.9 Å². The maximum Gasteiger partial charge on any atom is 0.192 e. The third-order valence-corrected chi connectivity index (χ3v) is 5.23. The van der Waals surface area contributed by atoms with Gasteiger partial charge in [-0.15, -0.1) is 10.2 Å². The molecule has 1 atom stereocenters. The summed E-state index contributed by atoms with van der Waals surface area (Å²) in [4.78, 5) is 4.18. The molecule has 1 saturated carbocycles. The number of aromatic nitrogens is 4. The Morgan fingerprint density at radius 2 is 1.96 bits per heavy atom. The lowest BCUT2D eigenvalue weighted by Gasteiger charge is -2.13. The molecule has 0 aliphatic heterocycles. The highest BCUT2D eigenvalue weighted by Crippen LogP contribution is 2.43. The number of rotatable bonds is 5. The first-order chi connectivity index (χ1) is 11.7. The molecule has 0 saturated heterocycles. The molecule has 2 heterocycles. The van der Waals surface area contributed by atoms with Crippen LogP contribution in [0.2, 0.25) is 0 Å². The number of hydrogen-bond acceptors (Lipinski definition) is 4. The van der Waals surface area contributed by atoms with Gasteiger partial charge in [0.25, 0.3) is 0 Å². The van der Waals surface area contributed by atoms with Gasteiger partial charge in [0.1, 0.15) is 5.82 Å². The first-order valence-corrected chi connectivity index (χ1v) is 8.88. The molecule has 1 unspecified atom stereocenters. The largest absolute Gasteiger partial charge is 0.299 e. The van der Waals surface area contributed by atoms with E-state index < -0.39 is 0 Å². The Bertz CT molecular complexity index is 828. The van der Waals surface area contributed by atoms with Gasteiger partial charge in [0.2, 0.25) is 0 Å². The molecule has 4 rings (SSSR count). The number of benzene rings is 1. The van der Waals surface area contributed by atoms with Gasteiger partial charge in [-0.25, -0.2) is 4.39 Å². The minimum absolute atomic E-state index is 0.175. The van der Waals surface area contributed by atoms with Gasteiger partial charge in [-0.1, -0.05) is 23.9 Å². The molecule has 4 nitrogen and oxygen atoms in total. The fourth-order valence-electron chi connectivity index (χ4n) is 2.67. The van der Waals surface area contributed by atoms with Crippen LogP contribution in [-0.4, -0.2) is 19.7 Å². The van der Waals surface area contributed by atoms with E-state index in [1.54, 1.807) is 18.0 Å². The number of halogens is 1. The summed E-state index contributed by atoms with van der Waals surface area (Å²) >= 11 is 1.66. The second kappa shape index (κ2) is 6.36. The monoisotopic (exact) mass is 340 g/mol. The van der Waals surface area contributed by atoms with E-state index in [1.165, 1.54) is 12.1 Å². The highest BCUT2D eigenvalue weighted by Gasteiger charge is 2.30. The van der Waals surface area contributed by atoms with E-state index in [0.717, 1.165) is 34.9 Å². The Hall–Kier alpha value is -2.21. The van der Waals surface area contributed by atoms with Gasteiger partial charge < -0.3 is 0 Å². The summed E-state index contributed by atoms with van der Waals surface area (Å²) in [5.74, 6) is 0.662. The predicted octanol–water partition coefficient (Wildman–Crippen LogP) is 4.67. The van der Waals surface area contributed by atoms with Crippen molar-refractivity contribution >= 4 is 11.8 Å². The van der Waals surface area contributed by atoms with E-state index >= 15 is 0 Å². The van der Waals surface area contributed by atoms with Crippen LogP contribution in [0.5, 0.6) is 0 Å². The molecule has 0 N–H and O–H groups in total. The lowest BCUT2D eigenvalue weighted by molar-refractivity contribution is 0.627. The van der Waals surface area contributed by atoms with Crippen molar-refractivity contribution in [2.75, 3.05) is 0 Å². The van der Waals surface area contributed by atoms with Gasteiger partial charge in [0.05, 0.1) is 0 Å². The number of hydrogen-bond donors (Lipinski definition) is 0. The van der Waals surface area contributed by atoms with Crippen LogP contribution < -0.4 is 0 Å². The Balaban J connectivity index is 1.64. The average molecular weight is 340 g/mol. The van der Waals surface area contributed by atoms with E-state index in [0.29, 0.717) is 6.04 Å². The van der Waals surface area contributed by atoms with E-state index in [2.05, 4.69) is 26.7 Å². The summed E-state index contributed by atoms with van der Waals surface area (Å²) < 4.78 is 15.3. The Morgan fingerprint density at radius 3 is 2.62 bits per heavy atom. The Kier molecular flexibility index (Phi) is 4.06. The van der Waals surface area contributed by atoms with Crippen LogP contribution in [0.4, 0.5) is 4.39 Å². The molecule has 1 aliphatic carbocycles. The van der Waals surface area contributed by atoms with Gasteiger partial charge in [0.15, 0.2) is 11.0 Å². The summed E-state index contributed by atoms with van der Waals surface area (Å²) in [7, 11) is 0. The second-order valence-corrected chi connectivity index (χ2v) is 7.27. The van der Waals surface area contributed by atoms with Gasteiger partial charge in [-0.3, -0.25) is 9.55 Å². The SMILES string of the molecule is CC(Sc1nnc(-c2cccnc2)n1C1CC1)c1ccc(F)cc1. The predicted molar refractivity (Wildman–Crippen MR) is 92.2 cm³/mol. The average Bonchev–Trinajstić information content (AvgIpc) is 3.37. The Labute approximate surface area is 144 Å². The van der Waals surface area contributed by atoms with Crippen LogP contribution in [-0.2, 0) is 0 Å². The first kappa shape index (κ1) is 15.3. The maximum atomic E-state index is 13.1. The lowest BCUT2D eigenvalue weighted by atomic mass is 10.2. The topological polar surface area (TPSA) is 43.6 Å². The van der Waals surface area contributed by atoms with Crippen LogP contribution in [0.25, 0.3) is 11.4 Å². The zero-order chi connectivity index (χ0) is 16.5. The second-order valence-electron chi connectivity index (χ2n) is 5.96. The van der Waals surface area contributed by atoms with Crippen molar-refractivity contribution in [3.05, 3.63) is 60.2 Å². The summed E-state index contributed by atoms with van der Waals surface area (Å²) in [6.45, 7) is 2.10. The minimum atomic E-state index is -0.212. The van der Waals surface area contributed by atoms with Crippen molar-refractivity contribution in [1.82, 2.24) is 19.7 Å². The van der Waals surface area contributed by atoms with E-state index in [4.69, 9.17) is 0 Å². The molecule has 24 heavy (non-hydrogen) atoms. The van der Waals surface area contributed by atoms with Crippen molar-refractivity contribution in [3.63, 3.8) is 0 Å². The van der Waals surface area contributed by atoms with Gasteiger partial charge in [-0.05, 0) is 49.6 Å². The highest BCUT2D eigenvalue weighted by atomic mass is 32.2. The molecule has 0 bridgehead atoms. The molecule has 1 aliphatic rings. The lowest BCUT2D eigenvalue weighted by Crippen LogP contribution is -2.01. The molecule has 1 fully saturated rings. The quantitative estimate of drug-likeness (QED) is 0.633. The van der Waals surface area contributed by atoms with Crippen LogP contribution >= 0.6 is 11.8 Å². The molecule has 122 valence electrons. The summed E-state index contributed by atoms with van der Waals surface area (Å²) in [6, 6.07) is 11.0. The summed E-state index contributed by atoms with van der Waals surface area (Å²) in [5.41, 5.74) is 2.06. The molecule has 6 heteroatoms. The fraction of sp³-hybridized carbons (Fsp3) is 0.278. The third-order valence-electron chi connectivity index (χ3n) is 4.12. The summed E-state index contributed by atoms with van der Waals surface area (Å²) in [6.07, 6.45) is 5.89. The van der Waals surface area contributed by atoms with Crippen molar-refractivity contribution in [2.24, 2.45) is 0 Å². The standard InChI is InChI=1S/C18H17FN4S/c1-12(13-4-6-15(19)7-5-13)24-18-22-21-17(23(18)16-8-9-16)14-3-2-10-20-11-14/h2-7,10-12,16H,8-9H2,1H3. The molecular weight excluding hydrogens is 323 g/mol. The van der Waals surface area contributed by atoms with Crippen molar-refractivity contribution < 1.29 is 4.39 Å². The third kappa shape index (κ3) is 3.06. The van der Waals surface area contributed by atoms with E-state index in [-0.39, 0.29) is 11.1 Å². The van der Waals surface area contributed by atoms with Gasteiger partial charge in [-0.2, -0.15) is 0 Å². The minimum Gasteiger partial charge on any atom is -0.299 e. The molecule has 0 radical (unpaired) electrons. The normalized spacial score (nSPS) is 15.4. The Morgan fingerprint density at radius 1 is 1.17 bits per heavy atom. The van der Waals surface area contributed by atoms with Gasteiger partial charge >= 0.3 is 0 Å². The molecule has 0 spiro atoms.